The molecule has 2 fully saturated rings. The van der Waals surface area contributed by atoms with Crippen LogP contribution in [-0.4, -0.2) is 55.1 Å². The van der Waals surface area contributed by atoms with Gasteiger partial charge in [-0.25, -0.2) is 9.37 Å². The van der Waals surface area contributed by atoms with Crippen molar-refractivity contribution in [1.82, 2.24) is 9.88 Å². The molecule has 2 aromatic carbocycles. The fourth-order valence-electron chi connectivity index (χ4n) is 4.48. The number of benzene rings is 2. The van der Waals surface area contributed by atoms with Crippen molar-refractivity contribution in [3.05, 3.63) is 52.3 Å². The zero-order valence-electron chi connectivity index (χ0n) is 17.4. The number of para-hydroxylation sites is 1. The normalized spacial score (nSPS) is 17.9. The van der Waals surface area contributed by atoms with Gasteiger partial charge in [0.15, 0.2) is 5.13 Å². The van der Waals surface area contributed by atoms with Crippen molar-refractivity contribution in [3.63, 3.8) is 0 Å². The summed E-state index contributed by atoms with van der Waals surface area (Å²) in [6, 6.07) is 10.7. The Balaban J connectivity index is 1.16. The van der Waals surface area contributed by atoms with Gasteiger partial charge in [-0.15, -0.1) is 0 Å². The molecule has 5 rings (SSSR count). The Kier molecular flexibility index (Phi) is 6.14. The Morgan fingerprint density at radius 2 is 1.72 bits per heavy atom. The summed E-state index contributed by atoms with van der Waals surface area (Å²) < 4.78 is 14.8. The molecule has 2 aliphatic heterocycles. The maximum Gasteiger partial charge on any atom is 0.225 e. The Bertz CT molecular complexity index is 1140. The van der Waals surface area contributed by atoms with Crippen molar-refractivity contribution in [2.75, 3.05) is 49.1 Å². The Morgan fingerprint density at radius 1 is 0.969 bits per heavy atom. The first-order chi connectivity index (χ1) is 15.5. The first-order valence-electron chi connectivity index (χ1n) is 10.8. The van der Waals surface area contributed by atoms with Crippen LogP contribution < -0.4 is 9.80 Å². The van der Waals surface area contributed by atoms with Gasteiger partial charge in [-0.1, -0.05) is 40.6 Å². The van der Waals surface area contributed by atoms with Crippen molar-refractivity contribution < 1.29 is 9.18 Å². The minimum atomic E-state index is -0.282. The number of piperidine rings is 1. The van der Waals surface area contributed by atoms with Gasteiger partial charge < -0.3 is 14.7 Å². The average molecular weight is 493 g/mol. The molecule has 0 aliphatic carbocycles. The number of piperazine rings is 1. The third kappa shape index (κ3) is 4.26. The zero-order valence-corrected chi connectivity index (χ0v) is 19.8. The fourth-order valence-corrected chi connectivity index (χ4v) is 5.81. The first kappa shape index (κ1) is 21.7. The molecule has 0 unspecified atom stereocenters. The van der Waals surface area contributed by atoms with Crippen molar-refractivity contribution in [3.8, 4) is 0 Å². The number of rotatable bonds is 3. The van der Waals surface area contributed by atoms with Crippen molar-refractivity contribution in [2.24, 2.45) is 5.92 Å². The van der Waals surface area contributed by atoms with Gasteiger partial charge in [0, 0.05) is 50.9 Å². The topological polar surface area (TPSA) is 39.7 Å². The van der Waals surface area contributed by atoms with Crippen LogP contribution in [0.4, 0.5) is 15.2 Å². The van der Waals surface area contributed by atoms with E-state index in [1.165, 1.54) is 17.4 Å². The lowest BCUT2D eigenvalue weighted by Crippen LogP contribution is -2.51. The summed E-state index contributed by atoms with van der Waals surface area (Å²) in [6.07, 6.45) is 1.59. The van der Waals surface area contributed by atoms with Crippen molar-refractivity contribution in [1.29, 1.82) is 0 Å². The third-order valence-corrected chi connectivity index (χ3v) is 8.15. The largest absolute Gasteiger partial charge is 0.368 e. The van der Waals surface area contributed by atoms with Crippen LogP contribution in [0.2, 0.25) is 10.0 Å². The van der Waals surface area contributed by atoms with E-state index in [0.717, 1.165) is 54.5 Å². The molecule has 5 nitrogen and oxygen atoms in total. The molecular weight excluding hydrogens is 470 g/mol. The van der Waals surface area contributed by atoms with E-state index in [0.29, 0.717) is 28.7 Å². The molecule has 0 saturated carbocycles. The monoisotopic (exact) mass is 492 g/mol. The molecule has 2 aliphatic rings. The van der Waals surface area contributed by atoms with E-state index in [1.54, 1.807) is 6.07 Å². The van der Waals surface area contributed by atoms with E-state index in [2.05, 4.69) is 14.8 Å². The van der Waals surface area contributed by atoms with E-state index >= 15 is 0 Å². The molecule has 1 amide bonds. The predicted molar refractivity (Wildman–Crippen MR) is 130 cm³/mol. The van der Waals surface area contributed by atoms with Crippen molar-refractivity contribution >= 4 is 61.5 Å². The van der Waals surface area contributed by atoms with E-state index in [4.69, 9.17) is 23.2 Å². The van der Waals surface area contributed by atoms with Crippen LogP contribution in [0.3, 0.4) is 0 Å². The maximum atomic E-state index is 14.0. The molecule has 0 N–H and O–H groups in total. The highest BCUT2D eigenvalue weighted by molar-refractivity contribution is 7.22. The first-order valence-corrected chi connectivity index (χ1v) is 12.4. The lowest BCUT2D eigenvalue weighted by atomic mass is 9.95. The summed E-state index contributed by atoms with van der Waals surface area (Å²) in [6.45, 7) is 4.49. The van der Waals surface area contributed by atoms with Gasteiger partial charge in [0.25, 0.3) is 0 Å². The molecule has 0 bridgehead atoms. The summed E-state index contributed by atoms with van der Waals surface area (Å²) in [4.78, 5) is 24.0. The lowest BCUT2D eigenvalue weighted by Gasteiger charge is -2.39. The van der Waals surface area contributed by atoms with Gasteiger partial charge >= 0.3 is 0 Å². The number of aromatic nitrogens is 1. The minimum absolute atomic E-state index is 0.0360. The number of halogens is 3. The van der Waals surface area contributed by atoms with Crippen LogP contribution in [0.1, 0.15) is 12.8 Å². The van der Waals surface area contributed by atoms with Crippen LogP contribution >= 0.6 is 34.5 Å². The average Bonchev–Trinajstić information content (AvgIpc) is 3.26. The number of nitrogens with zero attached hydrogens (tertiary/aromatic N) is 4. The van der Waals surface area contributed by atoms with Gasteiger partial charge in [-0.2, -0.15) is 0 Å². The standard InChI is InChI=1S/C23H23Cl2FN4OS/c24-17-5-4-16(14-18(17)25)28-10-12-29(13-11-28)22(31)15-6-8-30(9-7-15)23-27-21-19(26)2-1-3-20(21)32-23/h1-5,14-15H,6-13H2. The molecule has 168 valence electrons. The molecule has 3 heterocycles. The SMILES string of the molecule is O=C(C1CCN(c2nc3c(F)cccc3s2)CC1)N1CCN(c2ccc(Cl)c(Cl)c2)CC1. The van der Waals surface area contributed by atoms with E-state index < -0.39 is 0 Å². The number of hydrogen-bond donors (Lipinski definition) is 0. The number of fused-ring (bicyclic) bond motifs is 1. The van der Waals surface area contributed by atoms with E-state index in [1.807, 2.05) is 29.2 Å². The third-order valence-electron chi connectivity index (χ3n) is 6.33. The molecule has 0 radical (unpaired) electrons. The van der Waals surface area contributed by atoms with Crippen molar-refractivity contribution in [2.45, 2.75) is 12.8 Å². The van der Waals surface area contributed by atoms with Gasteiger partial charge in [-0.05, 0) is 43.2 Å². The molecule has 3 aromatic rings. The van der Waals surface area contributed by atoms with Crippen LogP contribution in [-0.2, 0) is 4.79 Å². The van der Waals surface area contributed by atoms with Crippen LogP contribution in [0, 0.1) is 11.7 Å². The summed E-state index contributed by atoms with van der Waals surface area (Å²) in [5, 5.41) is 1.93. The highest BCUT2D eigenvalue weighted by atomic mass is 35.5. The van der Waals surface area contributed by atoms with Gasteiger partial charge in [0.05, 0.1) is 14.7 Å². The smallest absolute Gasteiger partial charge is 0.225 e. The number of thiazole rings is 1. The lowest BCUT2D eigenvalue weighted by molar-refractivity contribution is -0.136. The molecular formula is C23H23Cl2FN4OS. The van der Waals surface area contributed by atoms with Crippen LogP contribution in [0.5, 0.6) is 0 Å². The zero-order chi connectivity index (χ0) is 22.2. The highest BCUT2D eigenvalue weighted by Crippen LogP contribution is 2.33. The molecule has 0 spiro atoms. The van der Waals surface area contributed by atoms with Gasteiger partial charge in [0.1, 0.15) is 11.3 Å². The maximum absolute atomic E-state index is 14.0. The Labute approximate surface area is 200 Å². The minimum Gasteiger partial charge on any atom is -0.368 e. The van der Waals surface area contributed by atoms with Gasteiger partial charge in [0.2, 0.25) is 5.91 Å². The Hall–Kier alpha value is -2.09. The summed E-state index contributed by atoms with van der Waals surface area (Å²) in [5.41, 5.74) is 1.47. The number of anilines is 2. The number of hydrogen-bond acceptors (Lipinski definition) is 5. The molecule has 1 aromatic heterocycles. The summed E-state index contributed by atoms with van der Waals surface area (Å²) in [7, 11) is 0. The number of carbonyl (C=O) groups is 1. The Morgan fingerprint density at radius 3 is 2.41 bits per heavy atom. The summed E-state index contributed by atoms with van der Waals surface area (Å²) in [5.74, 6) is -0.00208. The van der Waals surface area contributed by atoms with E-state index in [9.17, 15) is 9.18 Å². The highest BCUT2D eigenvalue weighted by Gasteiger charge is 2.31. The van der Waals surface area contributed by atoms with Gasteiger partial charge in [-0.3, -0.25) is 4.79 Å². The number of carbonyl (C=O) groups excluding carboxylic acids is 1. The molecule has 9 heteroatoms. The predicted octanol–water partition coefficient (Wildman–Crippen LogP) is 5.31. The second-order valence-electron chi connectivity index (χ2n) is 8.26. The molecule has 32 heavy (non-hydrogen) atoms. The quantitative estimate of drug-likeness (QED) is 0.496. The number of amides is 1. The van der Waals surface area contributed by atoms with Crippen LogP contribution in [0.15, 0.2) is 36.4 Å². The fraction of sp³-hybridized carbons (Fsp3) is 0.391. The second kappa shape index (κ2) is 9.04. The molecule has 0 atom stereocenters. The molecule has 2 saturated heterocycles. The van der Waals surface area contributed by atoms with Crippen LogP contribution in [0.25, 0.3) is 10.2 Å². The summed E-state index contributed by atoms with van der Waals surface area (Å²) >= 11 is 13.7. The van der Waals surface area contributed by atoms with E-state index in [-0.39, 0.29) is 17.6 Å². The second-order valence-corrected chi connectivity index (χ2v) is 10.1.